The van der Waals surface area contributed by atoms with Crippen LogP contribution >= 0.6 is 46.7 Å². The summed E-state index contributed by atoms with van der Waals surface area (Å²) in [6.45, 7) is 0.370. The van der Waals surface area contributed by atoms with E-state index in [1.807, 2.05) is 41.1 Å². The minimum Gasteiger partial charge on any atom is -0.486 e. The van der Waals surface area contributed by atoms with Gasteiger partial charge >= 0.3 is 0 Å². The smallest absolute Gasteiger partial charge is 0.221 e. The van der Waals surface area contributed by atoms with E-state index in [2.05, 4.69) is 27.5 Å². The first-order valence-corrected chi connectivity index (χ1v) is 12.1. The van der Waals surface area contributed by atoms with E-state index < -0.39 is 0 Å². The summed E-state index contributed by atoms with van der Waals surface area (Å²) in [7, 11) is 0. The average Bonchev–Trinajstić information content (AvgIpc) is 3.54. The molecule has 4 heterocycles. The summed E-state index contributed by atoms with van der Waals surface area (Å²) in [6.07, 6.45) is 1.25. The van der Waals surface area contributed by atoms with E-state index >= 15 is 0 Å². The van der Waals surface area contributed by atoms with Gasteiger partial charge in [0, 0.05) is 27.6 Å². The summed E-state index contributed by atoms with van der Waals surface area (Å²) in [6, 6.07) is 9.41. The van der Waals surface area contributed by atoms with Crippen LogP contribution in [0.1, 0.15) is 24.2 Å². The fourth-order valence-electron chi connectivity index (χ4n) is 3.30. The Balaban J connectivity index is 0.00000259. The molecule has 1 aromatic carbocycles. The Kier molecular flexibility index (Phi) is 7.36. The van der Waals surface area contributed by atoms with Crippen LogP contribution in [0.15, 0.2) is 46.6 Å². The largest absolute Gasteiger partial charge is 0.486 e. The Bertz CT molecular complexity index is 1350. The lowest BCUT2D eigenvalue weighted by molar-refractivity contribution is -0.119. The molecule has 0 unspecified atom stereocenters. The molecule has 168 valence electrons. The van der Waals surface area contributed by atoms with Crippen LogP contribution in [0.3, 0.4) is 0 Å². The van der Waals surface area contributed by atoms with Gasteiger partial charge in [0.05, 0.1) is 22.3 Å². The number of benzene rings is 1. The zero-order chi connectivity index (χ0) is 21.9. The van der Waals surface area contributed by atoms with E-state index in [-0.39, 0.29) is 24.4 Å². The van der Waals surface area contributed by atoms with Gasteiger partial charge in [0.15, 0.2) is 0 Å². The minimum atomic E-state index is -0.115. The molecule has 1 atom stereocenters. The Labute approximate surface area is 209 Å². The summed E-state index contributed by atoms with van der Waals surface area (Å²) in [5.41, 5.74) is 4.09. The Morgan fingerprint density at radius 3 is 2.97 bits per heavy atom. The first-order chi connectivity index (χ1) is 15.6. The molecule has 1 saturated heterocycles. The molecule has 1 aliphatic heterocycles. The zero-order valence-electron chi connectivity index (χ0n) is 17.1. The van der Waals surface area contributed by atoms with Gasteiger partial charge in [-0.25, -0.2) is 9.97 Å². The lowest BCUT2D eigenvalue weighted by Gasteiger charge is -2.11. The number of nitrogens with zero attached hydrogens (tertiary/aromatic N) is 2. The molecule has 0 radical (unpaired) electrons. The average molecular weight is 517 g/mol. The van der Waals surface area contributed by atoms with Gasteiger partial charge in [-0.05, 0) is 48.1 Å². The minimum absolute atomic E-state index is 0. The highest BCUT2D eigenvalue weighted by Gasteiger charge is 2.18. The number of nitrogens with one attached hydrogen (secondary N) is 2. The van der Waals surface area contributed by atoms with Crippen LogP contribution in [0.5, 0.6) is 5.75 Å². The monoisotopic (exact) mass is 516 g/mol. The summed E-state index contributed by atoms with van der Waals surface area (Å²) in [5, 5.41) is 11.7. The number of pyridine rings is 1. The van der Waals surface area contributed by atoms with Gasteiger partial charge in [-0.1, -0.05) is 17.5 Å². The summed E-state index contributed by atoms with van der Waals surface area (Å²) >= 11 is 9.59. The highest BCUT2D eigenvalue weighted by atomic mass is 35.5. The van der Waals surface area contributed by atoms with E-state index in [1.165, 1.54) is 11.3 Å². The van der Waals surface area contributed by atoms with Gasteiger partial charge in [-0.3, -0.25) is 4.79 Å². The standard InChI is InChI=1S/C23H17ClN4O2S2.ClH/c24-19-9-15(3-5-20(19)30-11-17-12-31-13-25-17)27-23-18-7-8-32-21(18)10-16(28-23)2-1-14-4-6-22(29)26-14;/h3,5,7-10,12-14H,4,6,11H2,(H,26,29)(H,27,28);1H/t14-;/m1./s1. The maximum absolute atomic E-state index is 11.4. The molecule has 3 aromatic heterocycles. The molecule has 6 nitrogen and oxygen atoms in total. The summed E-state index contributed by atoms with van der Waals surface area (Å²) in [5.74, 6) is 7.56. The molecule has 10 heteroatoms. The third kappa shape index (κ3) is 5.57. The number of carbonyl (C=O) groups excluding carboxylic acids is 1. The number of hydrogen-bond donors (Lipinski definition) is 2. The first-order valence-electron chi connectivity index (χ1n) is 9.89. The van der Waals surface area contributed by atoms with Crippen molar-refractivity contribution in [3.05, 3.63) is 63.0 Å². The number of aromatic nitrogens is 2. The second-order valence-corrected chi connectivity index (χ2v) is 9.23. The SMILES string of the molecule is Cl.O=C1CC[C@@H](C#Cc2cc3sccc3c(Nc3ccc(OCc4cscn4)c(Cl)c3)n2)N1. The molecule has 33 heavy (non-hydrogen) atoms. The molecule has 2 N–H and O–H groups in total. The third-order valence-electron chi connectivity index (χ3n) is 4.87. The molecule has 1 amide bonds. The van der Waals surface area contributed by atoms with E-state index in [0.29, 0.717) is 35.3 Å². The number of amides is 1. The number of ether oxygens (including phenoxy) is 1. The first kappa shape index (κ1) is 23.3. The predicted molar refractivity (Wildman–Crippen MR) is 136 cm³/mol. The Hall–Kier alpha value is -2.83. The molecule has 1 fully saturated rings. The van der Waals surface area contributed by atoms with Gasteiger partial charge in [0.25, 0.3) is 0 Å². The lowest BCUT2D eigenvalue weighted by Crippen LogP contribution is -2.23. The van der Waals surface area contributed by atoms with Crippen molar-refractivity contribution in [1.29, 1.82) is 0 Å². The van der Waals surface area contributed by atoms with Crippen LogP contribution in [-0.4, -0.2) is 21.9 Å². The van der Waals surface area contributed by atoms with Gasteiger partial charge < -0.3 is 15.4 Å². The Morgan fingerprint density at radius 1 is 1.30 bits per heavy atom. The van der Waals surface area contributed by atoms with Crippen molar-refractivity contribution >= 4 is 74.2 Å². The van der Waals surface area contributed by atoms with Gasteiger partial charge in [0.1, 0.15) is 23.9 Å². The number of halogens is 2. The van der Waals surface area contributed by atoms with Crippen molar-refractivity contribution in [2.45, 2.75) is 25.5 Å². The lowest BCUT2D eigenvalue weighted by atomic mass is 10.2. The van der Waals surface area contributed by atoms with Crippen LogP contribution in [0, 0.1) is 11.8 Å². The maximum Gasteiger partial charge on any atom is 0.221 e. The van der Waals surface area contributed by atoms with Crippen LogP contribution in [-0.2, 0) is 11.4 Å². The fraction of sp³-hybridized carbons (Fsp3) is 0.174. The number of anilines is 2. The van der Waals surface area contributed by atoms with Gasteiger partial charge in [0.2, 0.25) is 5.91 Å². The number of carbonyl (C=O) groups is 1. The van der Waals surface area contributed by atoms with E-state index in [4.69, 9.17) is 21.3 Å². The van der Waals surface area contributed by atoms with Crippen LogP contribution in [0.2, 0.25) is 5.02 Å². The van der Waals surface area contributed by atoms with Crippen LogP contribution < -0.4 is 15.4 Å². The number of rotatable bonds is 5. The molecule has 1 aliphatic rings. The van der Waals surface area contributed by atoms with Gasteiger partial charge in [-0.15, -0.1) is 35.1 Å². The highest BCUT2D eigenvalue weighted by Crippen LogP contribution is 2.33. The van der Waals surface area contributed by atoms with Crippen molar-refractivity contribution in [1.82, 2.24) is 15.3 Å². The molecular weight excluding hydrogens is 499 g/mol. The van der Waals surface area contributed by atoms with Crippen molar-refractivity contribution < 1.29 is 9.53 Å². The predicted octanol–water partition coefficient (Wildman–Crippen LogP) is 5.78. The van der Waals surface area contributed by atoms with Crippen LogP contribution in [0.4, 0.5) is 11.5 Å². The second-order valence-electron chi connectivity index (χ2n) is 7.16. The van der Waals surface area contributed by atoms with Gasteiger partial charge in [-0.2, -0.15) is 0 Å². The second kappa shape index (κ2) is 10.4. The molecular formula is C23H18Cl2N4O2S2. The Morgan fingerprint density at radius 2 is 2.21 bits per heavy atom. The van der Waals surface area contributed by atoms with Crippen LogP contribution in [0.25, 0.3) is 10.1 Å². The topological polar surface area (TPSA) is 76.1 Å². The molecule has 0 bridgehead atoms. The molecule has 4 aromatic rings. The summed E-state index contributed by atoms with van der Waals surface area (Å²) in [4.78, 5) is 20.3. The molecule has 5 rings (SSSR count). The number of hydrogen-bond acceptors (Lipinski definition) is 7. The number of thiophene rings is 1. The van der Waals surface area contributed by atoms with E-state index in [9.17, 15) is 4.79 Å². The summed E-state index contributed by atoms with van der Waals surface area (Å²) < 4.78 is 6.85. The van der Waals surface area contributed by atoms with Crippen molar-refractivity contribution in [2.75, 3.05) is 5.32 Å². The zero-order valence-corrected chi connectivity index (χ0v) is 20.3. The third-order valence-corrected chi connectivity index (χ3v) is 6.67. The highest BCUT2D eigenvalue weighted by molar-refractivity contribution is 7.17. The molecule has 0 saturated carbocycles. The number of fused-ring (bicyclic) bond motifs is 1. The molecule has 0 aliphatic carbocycles. The fourth-order valence-corrected chi connectivity index (χ4v) is 4.90. The van der Waals surface area contributed by atoms with Crippen molar-refractivity contribution in [3.63, 3.8) is 0 Å². The van der Waals surface area contributed by atoms with Crippen molar-refractivity contribution in [3.8, 4) is 17.6 Å². The quantitative estimate of drug-likeness (QED) is 0.328. The van der Waals surface area contributed by atoms with E-state index in [1.54, 1.807) is 16.8 Å². The number of thiazole rings is 1. The maximum atomic E-state index is 11.4. The van der Waals surface area contributed by atoms with E-state index in [0.717, 1.165) is 27.9 Å². The van der Waals surface area contributed by atoms with Crippen molar-refractivity contribution in [2.24, 2.45) is 0 Å². The normalized spacial score (nSPS) is 14.8. The molecule has 0 spiro atoms.